The van der Waals surface area contributed by atoms with Crippen LogP contribution >= 0.6 is 11.6 Å². The van der Waals surface area contributed by atoms with Crippen LogP contribution in [0.25, 0.3) is 11.0 Å². The SMILES string of the molecule is Cc1c(CCN2CCOCC2)c(=O)oc2c(Cl)c(OCC(C)O)ccc12. The third-order valence-corrected chi connectivity index (χ3v) is 4.98. The highest BCUT2D eigenvalue weighted by Crippen LogP contribution is 2.34. The van der Waals surface area contributed by atoms with Gasteiger partial charge in [0.2, 0.25) is 0 Å². The van der Waals surface area contributed by atoms with Crippen molar-refractivity contribution in [1.82, 2.24) is 4.90 Å². The molecular formula is C19H24ClNO5. The molecule has 1 N–H and O–H groups in total. The van der Waals surface area contributed by atoms with Gasteiger partial charge in [0.15, 0.2) is 5.58 Å². The maximum atomic E-state index is 12.5. The summed E-state index contributed by atoms with van der Waals surface area (Å²) in [6.07, 6.45) is 0.0141. The van der Waals surface area contributed by atoms with Gasteiger partial charge in [-0.15, -0.1) is 0 Å². The highest BCUT2D eigenvalue weighted by atomic mass is 35.5. The highest BCUT2D eigenvalue weighted by Gasteiger charge is 2.18. The molecule has 6 nitrogen and oxygen atoms in total. The quantitative estimate of drug-likeness (QED) is 0.774. The minimum Gasteiger partial charge on any atom is -0.489 e. The van der Waals surface area contributed by atoms with Gasteiger partial charge in [-0.05, 0) is 38.0 Å². The summed E-state index contributed by atoms with van der Waals surface area (Å²) >= 11 is 6.36. The average molecular weight is 382 g/mol. The zero-order valence-electron chi connectivity index (χ0n) is 15.1. The molecule has 0 aliphatic carbocycles. The van der Waals surface area contributed by atoms with Crippen molar-refractivity contribution in [1.29, 1.82) is 0 Å². The van der Waals surface area contributed by atoms with E-state index in [4.69, 9.17) is 25.5 Å². The summed E-state index contributed by atoms with van der Waals surface area (Å²) in [5, 5.41) is 10.4. The van der Waals surface area contributed by atoms with Gasteiger partial charge < -0.3 is 19.0 Å². The van der Waals surface area contributed by atoms with Gasteiger partial charge in [-0.1, -0.05) is 11.6 Å². The Kier molecular flexibility index (Phi) is 6.19. The van der Waals surface area contributed by atoms with Crippen LogP contribution in [0.2, 0.25) is 5.02 Å². The minimum absolute atomic E-state index is 0.117. The van der Waals surface area contributed by atoms with E-state index >= 15 is 0 Å². The van der Waals surface area contributed by atoms with Gasteiger partial charge in [0.05, 0.1) is 19.3 Å². The Labute approximate surface area is 157 Å². The number of aliphatic hydroxyl groups excluding tert-OH is 1. The topological polar surface area (TPSA) is 72.1 Å². The number of fused-ring (bicyclic) bond motifs is 1. The Bertz CT molecular complexity index is 827. The lowest BCUT2D eigenvalue weighted by molar-refractivity contribution is 0.0383. The summed E-state index contributed by atoms with van der Waals surface area (Å²) in [6.45, 7) is 7.68. The van der Waals surface area contributed by atoms with Gasteiger partial charge in [0.25, 0.3) is 0 Å². The Hall–Kier alpha value is -1.60. The van der Waals surface area contributed by atoms with Gasteiger partial charge >= 0.3 is 5.63 Å². The van der Waals surface area contributed by atoms with Crippen molar-refractivity contribution in [3.8, 4) is 5.75 Å². The van der Waals surface area contributed by atoms with Gasteiger partial charge in [-0.25, -0.2) is 4.79 Å². The minimum atomic E-state index is -0.613. The largest absolute Gasteiger partial charge is 0.489 e. The maximum Gasteiger partial charge on any atom is 0.339 e. The van der Waals surface area contributed by atoms with Crippen LogP contribution in [0.3, 0.4) is 0 Å². The van der Waals surface area contributed by atoms with E-state index in [1.165, 1.54) is 0 Å². The Balaban J connectivity index is 1.87. The second-order valence-corrected chi connectivity index (χ2v) is 6.99. The van der Waals surface area contributed by atoms with Crippen LogP contribution in [0.15, 0.2) is 21.3 Å². The summed E-state index contributed by atoms with van der Waals surface area (Å²) < 4.78 is 16.4. The number of aryl methyl sites for hydroxylation is 1. The molecule has 142 valence electrons. The molecule has 1 aliphatic rings. The van der Waals surface area contributed by atoms with Crippen molar-refractivity contribution in [2.24, 2.45) is 0 Å². The molecule has 26 heavy (non-hydrogen) atoms. The lowest BCUT2D eigenvalue weighted by Gasteiger charge is -2.26. The summed E-state index contributed by atoms with van der Waals surface area (Å²) in [6, 6.07) is 3.58. The zero-order chi connectivity index (χ0) is 18.7. The first-order valence-electron chi connectivity index (χ1n) is 8.83. The molecule has 1 aromatic carbocycles. The number of morpholine rings is 1. The van der Waals surface area contributed by atoms with Crippen molar-refractivity contribution >= 4 is 22.6 Å². The smallest absolute Gasteiger partial charge is 0.339 e. The molecule has 7 heteroatoms. The van der Waals surface area contributed by atoms with E-state index in [0.717, 1.165) is 43.8 Å². The molecule has 0 amide bonds. The highest BCUT2D eigenvalue weighted by molar-refractivity contribution is 6.36. The van der Waals surface area contributed by atoms with Gasteiger partial charge in [0.1, 0.15) is 17.4 Å². The predicted molar refractivity (Wildman–Crippen MR) is 100 cm³/mol. The first-order valence-corrected chi connectivity index (χ1v) is 9.21. The van der Waals surface area contributed by atoms with Crippen molar-refractivity contribution in [2.75, 3.05) is 39.5 Å². The molecule has 0 saturated carbocycles. The molecule has 0 spiro atoms. The first kappa shape index (κ1) is 19.2. The van der Waals surface area contributed by atoms with Gasteiger partial charge in [-0.2, -0.15) is 0 Å². The van der Waals surface area contributed by atoms with E-state index in [0.29, 0.717) is 23.3 Å². The predicted octanol–water partition coefficient (Wildman–Crippen LogP) is 2.39. The lowest BCUT2D eigenvalue weighted by atomic mass is 10.0. The number of ether oxygens (including phenoxy) is 2. The molecule has 1 atom stereocenters. The van der Waals surface area contributed by atoms with E-state index in [1.54, 1.807) is 13.0 Å². The van der Waals surface area contributed by atoms with Gasteiger partial charge in [-0.3, -0.25) is 4.90 Å². The molecule has 0 bridgehead atoms. The Morgan fingerprint density at radius 3 is 2.77 bits per heavy atom. The number of hydrogen-bond acceptors (Lipinski definition) is 6. The fraction of sp³-hybridized carbons (Fsp3) is 0.526. The van der Waals surface area contributed by atoms with E-state index in [9.17, 15) is 9.90 Å². The maximum absolute atomic E-state index is 12.5. The van der Waals surface area contributed by atoms with Crippen LogP contribution < -0.4 is 10.4 Å². The van der Waals surface area contributed by atoms with E-state index in [-0.39, 0.29) is 17.3 Å². The van der Waals surface area contributed by atoms with Crippen LogP contribution in [-0.2, 0) is 11.2 Å². The molecule has 1 aliphatic heterocycles. The second-order valence-electron chi connectivity index (χ2n) is 6.61. The average Bonchev–Trinajstić information content (AvgIpc) is 2.62. The Morgan fingerprint density at radius 2 is 2.08 bits per heavy atom. The van der Waals surface area contributed by atoms with Crippen LogP contribution in [-0.4, -0.2) is 55.6 Å². The molecule has 1 fully saturated rings. The Morgan fingerprint density at radius 1 is 1.35 bits per heavy atom. The molecule has 1 unspecified atom stereocenters. The second kappa shape index (κ2) is 8.39. The third kappa shape index (κ3) is 4.20. The molecule has 3 rings (SSSR count). The summed E-state index contributed by atoms with van der Waals surface area (Å²) in [7, 11) is 0. The number of nitrogens with zero attached hydrogens (tertiary/aromatic N) is 1. The molecule has 2 aromatic rings. The summed E-state index contributed by atoms with van der Waals surface area (Å²) in [4.78, 5) is 14.8. The van der Waals surface area contributed by atoms with Crippen LogP contribution in [0.5, 0.6) is 5.75 Å². The molecule has 0 radical (unpaired) electrons. The van der Waals surface area contributed by atoms with Crippen molar-refractivity contribution in [3.05, 3.63) is 38.7 Å². The number of aliphatic hydroxyl groups is 1. The van der Waals surface area contributed by atoms with Crippen molar-refractivity contribution in [3.63, 3.8) is 0 Å². The van der Waals surface area contributed by atoms with Crippen molar-refractivity contribution < 1.29 is 19.0 Å². The normalized spacial score (nSPS) is 16.8. The first-order chi connectivity index (χ1) is 12.5. The molecule has 1 aromatic heterocycles. The standard InChI is InChI=1S/C19H24ClNO5/c1-12(22)11-25-16-4-3-14-13(2)15(19(23)26-18(14)17(16)20)5-6-21-7-9-24-10-8-21/h3-4,12,22H,5-11H2,1-2H3. The van der Waals surface area contributed by atoms with Crippen molar-refractivity contribution in [2.45, 2.75) is 26.4 Å². The lowest BCUT2D eigenvalue weighted by Crippen LogP contribution is -2.38. The van der Waals surface area contributed by atoms with E-state index in [2.05, 4.69) is 4.90 Å². The van der Waals surface area contributed by atoms with Crippen LogP contribution in [0.4, 0.5) is 0 Å². The van der Waals surface area contributed by atoms with E-state index < -0.39 is 6.10 Å². The fourth-order valence-electron chi connectivity index (χ4n) is 3.11. The number of halogens is 1. The summed E-state index contributed by atoms with van der Waals surface area (Å²) in [5.41, 5.74) is 1.52. The molecular weight excluding hydrogens is 358 g/mol. The van der Waals surface area contributed by atoms with Crippen LogP contribution in [0.1, 0.15) is 18.1 Å². The number of benzene rings is 1. The molecule has 1 saturated heterocycles. The number of hydrogen-bond donors (Lipinski definition) is 1. The van der Waals surface area contributed by atoms with Gasteiger partial charge in [0, 0.05) is 30.6 Å². The summed E-state index contributed by atoms with van der Waals surface area (Å²) in [5.74, 6) is 0.392. The zero-order valence-corrected chi connectivity index (χ0v) is 15.8. The third-order valence-electron chi connectivity index (χ3n) is 4.62. The fourth-order valence-corrected chi connectivity index (χ4v) is 3.37. The molecule has 2 heterocycles. The van der Waals surface area contributed by atoms with Crippen LogP contribution in [0, 0.1) is 6.92 Å². The monoisotopic (exact) mass is 381 g/mol. The number of rotatable bonds is 6. The van der Waals surface area contributed by atoms with E-state index in [1.807, 2.05) is 13.0 Å².